The molecule has 0 aromatic carbocycles. The number of hydrogen-bond donors (Lipinski definition) is 0. The molecule has 0 spiro atoms. The first-order valence-electron chi connectivity index (χ1n) is 5.13. The van der Waals surface area contributed by atoms with Crippen LogP contribution in [0, 0.1) is 0 Å². The van der Waals surface area contributed by atoms with Gasteiger partial charge in [0, 0.05) is 0 Å². The Bertz CT molecular complexity index is 341. The highest BCUT2D eigenvalue weighted by Crippen LogP contribution is 2.32. The van der Waals surface area contributed by atoms with E-state index in [2.05, 4.69) is 15.1 Å². The third kappa shape index (κ3) is 1.50. The van der Waals surface area contributed by atoms with Gasteiger partial charge in [-0.3, -0.25) is 0 Å². The molecule has 0 amide bonds. The molecule has 15 heavy (non-hydrogen) atoms. The van der Waals surface area contributed by atoms with Gasteiger partial charge in [-0.05, 0) is 12.8 Å². The minimum Gasteiger partial charge on any atom is -0.407 e. The highest BCUT2D eigenvalue weighted by atomic mass is 35.5. The molecule has 3 heterocycles. The van der Waals surface area contributed by atoms with Crippen molar-refractivity contribution in [2.75, 3.05) is 18.1 Å². The molecular formula is C9H12ClN3O2. The molecular weight excluding hydrogens is 218 g/mol. The van der Waals surface area contributed by atoms with E-state index in [1.54, 1.807) is 0 Å². The van der Waals surface area contributed by atoms with Crippen LogP contribution in [-0.4, -0.2) is 35.5 Å². The number of rotatable bonds is 2. The molecule has 5 nitrogen and oxygen atoms in total. The highest BCUT2D eigenvalue weighted by Gasteiger charge is 2.40. The van der Waals surface area contributed by atoms with Crippen molar-refractivity contribution in [3.05, 3.63) is 5.89 Å². The average Bonchev–Trinajstić information content (AvgIpc) is 2.81. The molecule has 2 fully saturated rings. The fraction of sp³-hybridized carbons (Fsp3) is 0.778. The summed E-state index contributed by atoms with van der Waals surface area (Å²) in [5.74, 6) is 0.754. The number of morpholine rings is 1. The smallest absolute Gasteiger partial charge is 0.318 e. The maximum absolute atomic E-state index is 5.63. The SMILES string of the molecule is ClCc1nnc(N2C3CCC2COC3)o1. The van der Waals surface area contributed by atoms with Gasteiger partial charge < -0.3 is 14.1 Å². The number of alkyl halides is 1. The number of hydrogen-bond acceptors (Lipinski definition) is 5. The van der Waals surface area contributed by atoms with Gasteiger partial charge in [0.25, 0.3) is 0 Å². The Morgan fingerprint density at radius 2 is 2.00 bits per heavy atom. The van der Waals surface area contributed by atoms with Crippen molar-refractivity contribution in [3.8, 4) is 0 Å². The van der Waals surface area contributed by atoms with E-state index in [0.717, 1.165) is 26.1 Å². The molecule has 0 aliphatic carbocycles. The number of fused-ring (bicyclic) bond motifs is 2. The Labute approximate surface area is 92.4 Å². The first kappa shape index (κ1) is 9.42. The zero-order valence-corrected chi connectivity index (χ0v) is 8.98. The largest absolute Gasteiger partial charge is 0.407 e. The lowest BCUT2D eigenvalue weighted by Crippen LogP contribution is -2.46. The third-order valence-corrected chi connectivity index (χ3v) is 3.26. The molecule has 1 aromatic rings. The predicted molar refractivity (Wildman–Crippen MR) is 54.0 cm³/mol. The molecule has 2 saturated heterocycles. The van der Waals surface area contributed by atoms with E-state index < -0.39 is 0 Å². The summed E-state index contributed by atoms with van der Waals surface area (Å²) in [5, 5.41) is 7.90. The van der Waals surface area contributed by atoms with Gasteiger partial charge in [0.05, 0.1) is 25.3 Å². The van der Waals surface area contributed by atoms with Crippen molar-refractivity contribution in [1.82, 2.24) is 10.2 Å². The van der Waals surface area contributed by atoms with Gasteiger partial charge in [0.1, 0.15) is 5.88 Å². The van der Waals surface area contributed by atoms with Gasteiger partial charge in [-0.25, -0.2) is 0 Å². The van der Waals surface area contributed by atoms with E-state index in [1.807, 2.05) is 0 Å². The molecule has 2 atom stereocenters. The van der Waals surface area contributed by atoms with E-state index in [-0.39, 0.29) is 5.88 Å². The van der Waals surface area contributed by atoms with Crippen molar-refractivity contribution in [3.63, 3.8) is 0 Å². The van der Waals surface area contributed by atoms with Gasteiger partial charge in [0.2, 0.25) is 5.89 Å². The quantitative estimate of drug-likeness (QED) is 0.713. The van der Waals surface area contributed by atoms with Crippen LogP contribution in [0.4, 0.5) is 6.01 Å². The van der Waals surface area contributed by atoms with Gasteiger partial charge >= 0.3 is 6.01 Å². The Hall–Kier alpha value is -0.810. The number of ether oxygens (including phenoxy) is 1. The van der Waals surface area contributed by atoms with E-state index in [4.69, 9.17) is 20.8 Å². The van der Waals surface area contributed by atoms with E-state index >= 15 is 0 Å². The minimum absolute atomic E-state index is 0.271. The topological polar surface area (TPSA) is 51.4 Å². The molecule has 2 aliphatic heterocycles. The first-order valence-corrected chi connectivity index (χ1v) is 5.66. The second-order valence-electron chi connectivity index (χ2n) is 3.94. The molecule has 0 radical (unpaired) electrons. The summed E-state index contributed by atoms with van der Waals surface area (Å²) in [7, 11) is 0. The van der Waals surface area contributed by atoms with Crippen LogP contribution >= 0.6 is 11.6 Å². The summed E-state index contributed by atoms with van der Waals surface area (Å²) in [6.07, 6.45) is 2.28. The standard InChI is InChI=1S/C9H12ClN3O2/c10-3-8-11-12-9(15-8)13-6-1-2-7(13)5-14-4-6/h6-7H,1-5H2. The van der Waals surface area contributed by atoms with Crippen molar-refractivity contribution in [2.45, 2.75) is 30.8 Å². The van der Waals surface area contributed by atoms with Crippen LogP contribution in [0.3, 0.4) is 0 Å². The minimum atomic E-state index is 0.271. The van der Waals surface area contributed by atoms with Crippen LogP contribution in [0.5, 0.6) is 0 Å². The first-order chi connectivity index (χ1) is 7.38. The highest BCUT2D eigenvalue weighted by molar-refractivity contribution is 6.16. The molecule has 82 valence electrons. The normalized spacial score (nSPS) is 29.8. The molecule has 0 N–H and O–H groups in total. The second kappa shape index (κ2) is 3.64. The number of aromatic nitrogens is 2. The summed E-state index contributed by atoms with van der Waals surface area (Å²) in [6, 6.07) is 1.39. The van der Waals surface area contributed by atoms with Crippen LogP contribution in [0.25, 0.3) is 0 Å². The maximum Gasteiger partial charge on any atom is 0.318 e. The van der Waals surface area contributed by atoms with Crippen LogP contribution in [-0.2, 0) is 10.6 Å². The lowest BCUT2D eigenvalue weighted by molar-refractivity contribution is 0.0876. The van der Waals surface area contributed by atoms with E-state index in [9.17, 15) is 0 Å². The summed E-state index contributed by atoms with van der Waals surface area (Å²) >= 11 is 5.63. The number of nitrogens with zero attached hydrogens (tertiary/aromatic N) is 3. The Morgan fingerprint density at radius 1 is 1.27 bits per heavy atom. The molecule has 2 unspecified atom stereocenters. The molecule has 2 bridgehead atoms. The summed E-state index contributed by atoms with van der Waals surface area (Å²) in [5.41, 5.74) is 0. The van der Waals surface area contributed by atoms with Crippen molar-refractivity contribution >= 4 is 17.6 Å². The monoisotopic (exact) mass is 229 g/mol. The Balaban J connectivity index is 1.87. The van der Waals surface area contributed by atoms with Crippen LogP contribution < -0.4 is 4.90 Å². The fourth-order valence-electron chi connectivity index (χ4n) is 2.34. The van der Waals surface area contributed by atoms with E-state index in [0.29, 0.717) is 24.0 Å². The van der Waals surface area contributed by atoms with Gasteiger partial charge in [-0.15, -0.1) is 16.7 Å². The van der Waals surface area contributed by atoms with Crippen LogP contribution in [0.15, 0.2) is 4.42 Å². The lowest BCUT2D eigenvalue weighted by Gasteiger charge is -2.32. The fourth-order valence-corrected chi connectivity index (χ4v) is 2.45. The van der Waals surface area contributed by atoms with Crippen LogP contribution in [0.2, 0.25) is 0 Å². The molecule has 0 saturated carbocycles. The Kier molecular flexibility index (Phi) is 2.29. The van der Waals surface area contributed by atoms with E-state index in [1.165, 1.54) is 0 Å². The zero-order valence-electron chi connectivity index (χ0n) is 8.23. The summed E-state index contributed by atoms with van der Waals surface area (Å²) < 4.78 is 11.0. The number of anilines is 1. The molecule has 2 aliphatic rings. The van der Waals surface area contributed by atoms with Crippen LogP contribution in [0.1, 0.15) is 18.7 Å². The lowest BCUT2D eigenvalue weighted by atomic mass is 10.2. The van der Waals surface area contributed by atoms with Gasteiger partial charge in [-0.1, -0.05) is 5.10 Å². The Morgan fingerprint density at radius 3 is 2.60 bits per heavy atom. The predicted octanol–water partition coefficient (Wildman–Crippen LogP) is 1.18. The molecule has 3 rings (SSSR count). The summed E-state index contributed by atoms with van der Waals surface area (Å²) in [6.45, 7) is 1.52. The maximum atomic E-state index is 5.63. The van der Waals surface area contributed by atoms with Crippen molar-refractivity contribution in [1.29, 1.82) is 0 Å². The van der Waals surface area contributed by atoms with Crippen molar-refractivity contribution in [2.24, 2.45) is 0 Å². The third-order valence-electron chi connectivity index (χ3n) is 3.03. The molecule has 1 aromatic heterocycles. The average molecular weight is 230 g/mol. The number of halogens is 1. The zero-order chi connectivity index (χ0) is 10.3. The second-order valence-corrected chi connectivity index (χ2v) is 4.21. The van der Waals surface area contributed by atoms with Gasteiger partial charge in [0.15, 0.2) is 0 Å². The summed E-state index contributed by atoms with van der Waals surface area (Å²) in [4.78, 5) is 2.19. The van der Waals surface area contributed by atoms with Gasteiger partial charge in [-0.2, -0.15) is 0 Å². The van der Waals surface area contributed by atoms with Crippen molar-refractivity contribution < 1.29 is 9.15 Å². The molecule has 6 heteroatoms.